The second-order valence-corrected chi connectivity index (χ2v) is 7.22. The molecule has 18 heavy (non-hydrogen) atoms. The Kier molecular flexibility index (Phi) is 4.24. The van der Waals surface area contributed by atoms with Crippen LogP contribution in [0.4, 0.5) is 0 Å². The highest BCUT2D eigenvalue weighted by Crippen LogP contribution is 2.24. The van der Waals surface area contributed by atoms with Gasteiger partial charge in [-0.05, 0) is 38.8 Å². The summed E-state index contributed by atoms with van der Waals surface area (Å²) in [6.07, 6.45) is 2.17. The van der Waals surface area contributed by atoms with Crippen LogP contribution in [0.15, 0.2) is 0 Å². The van der Waals surface area contributed by atoms with Crippen LogP contribution in [0.1, 0.15) is 25.7 Å². The number of carbonyl (C=O) groups is 1. The van der Waals surface area contributed by atoms with Crippen LogP contribution in [0.3, 0.4) is 0 Å². The lowest BCUT2D eigenvalue weighted by Crippen LogP contribution is -2.47. The lowest BCUT2D eigenvalue weighted by molar-refractivity contribution is -0.142. The molecule has 0 aromatic heterocycles. The first-order valence-electron chi connectivity index (χ1n) is 6.44. The molecule has 2 saturated heterocycles. The molecule has 2 aliphatic rings. The summed E-state index contributed by atoms with van der Waals surface area (Å²) in [7, 11) is -3.23. The molecule has 0 atom stereocenters. The molecule has 104 valence electrons. The quantitative estimate of drug-likeness (QED) is 0.749. The molecule has 0 aliphatic carbocycles. The number of piperidine rings is 2. The Balaban J connectivity index is 1.97. The van der Waals surface area contributed by atoms with Crippen molar-refractivity contribution in [2.24, 2.45) is 5.92 Å². The van der Waals surface area contributed by atoms with E-state index in [-0.39, 0.29) is 11.2 Å². The Morgan fingerprint density at radius 2 is 1.67 bits per heavy atom. The molecule has 2 aliphatic heterocycles. The van der Waals surface area contributed by atoms with E-state index >= 15 is 0 Å². The van der Waals surface area contributed by atoms with Crippen molar-refractivity contribution in [3.8, 4) is 0 Å². The van der Waals surface area contributed by atoms with Gasteiger partial charge in [0.05, 0.1) is 11.2 Å². The van der Waals surface area contributed by atoms with Gasteiger partial charge in [-0.3, -0.25) is 4.79 Å². The van der Waals surface area contributed by atoms with Crippen molar-refractivity contribution in [2.45, 2.75) is 30.9 Å². The number of sulfonamides is 1. The summed E-state index contributed by atoms with van der Waals surface area (Å²) >= 11 is 0. The van der Waals surface area contributed by atoms with Crippen molar-refractivity contribution in [3.05, 3.63) is 0 Å². The van der Waals surface area contributed by atoms with Gasteiger partial charge in [-0.25, -0.2) is 12.7 Å². The van der Waals surface area contributed by atoms with Gasteiger partial charge in [0.2, 0.25) is 10.0 Å². The van der Waals surface area contributed by atoms with Gasteiger partial charge >= 0.3 is 5.97 Å². The van der Waals surface area contributed by atoms with E-state index in [1.807, 2.05) is 0 Å². The van der Waals surface area contributed by atoms with E-state index in [1.54, 1.807) is 0 Å². The Hall–Kier alpha value is -0.660. The zero-order valence-electron chi connectivity index (χ0n) is 10.3. The zero-order chi connectivity index (χ0) is 13.2. The molecule has 0 aromatic rings. The first-order chi connectivity index (χ1) is 8.51. The zero-order valence-corrected chi connectivity index (χ0v) is 11.2. The molecule has 7 heteroatoms. The minimum atomic E-state index is -3.23. The number of carboxylic acids is 1. The number of carboxylic acid groups (broad SMARTS) is 1. The van der Waals surface area contributed by atoms with Gasteiger partial charge in [0.1, 0.15) is 0 Å². The van der Waals surface area contributed by atoms with Crippen LogP contribution >= 0.6 is 0 Å². The van der Waals surface area contributed by atoms with E-state index in [0.29, 0.717) is 38.8 Å². The minimum absolute atomic E-state index is 0.292. The Morgan fingerprint density at radius 3 is 2.17 bits per heavy atom. The summed E-state index contributed by atoms with van der Waals surface area (Å²) in [5.41, 5.74) is 0. The molecule has 2 N–H and O–H groups in total. The van der Waals surface area contributed by atoms with Gasteiger partial charge in [0.15, 0.2) is 0 Å². The van der Waals surface area contributed by atoms with Crippen LogP contribution in [-0.2, 0) is 14.8 Å². The van der Waals surface area contributed by atoms with E-state index in [9.17, 15) is 13.2 Å². The maximum absolute atomic E-state index is 12.4. The molecular formula is C11H20N2O4S. The van der Waals surface area contributed by atoms with E-state index in [2.05, 4.69) is 5.32 Å². The molecule has 0 spiro atoms. The molecule has 6 nitrogen and oxygen atoms in total. The summed E-state index contributed by atoms with van der Waals surface area (Å²) in [6, 6.07) is 0. The minimum Gasteiger partial charge on any atom is -0.481 e. The van der Waals surface area contributed by atoms with E-state index in [4.69, 9.17) is 5.11 Å². The highest BCUT2D eigenvalue weighted by atomic mass is 32.2. The van der Waals surface area contributed by atoms with Gasteiger partial charge < -0.3 is 10.4 Å². The summed E-state index contributed by atoms with van der Waals surface area (Å²) in [5, 5.41) is 11.8. The average Bonchev–Trinajstić information content (AvgIpc) is 2.40. The number of nitrogens with zero attached hydrogens (tertiary/aromatic N) is 1. The van der Waals surface area contributed by atoms with Crippen molar-refractivity contribution >= 4 is 16.0 Å². The molecular weight excluding hydrogens is 256 g/mol. The molecule has 0 amide bonds. The highest BCUT2D eigenvalue weighted by Gasteiger charge is 2.36. The Bertz CT molecular complexity index is 395. The SMILES string of the molecule is O=C(O)C1CCN(S(=O)(=O)C2CCNCC2)CC1. The van der Waals surface area contributed by atoms with Crippen LogP contribution < -0.4 is 5.32 Å². The van der Waals surface area contributed by atoms with Crippen LogP contribution in [0.2, 0.25) is 0 Å². The molecule has 0 aromatic carbocycles. The van der Waals surface area contributed by atoms with Crippen LogP contribution in [0.25, 0.3) is 0 Å². The van der Waals surface area contributed by atoms with E-state index in [1.165, 1.54) is 4.31 Å². The molecule has 0 radical (unpaired) electrons. The molecule has 0 bridgehead atoms. The normalized spacial score (nSPS) is 25.1. The van der Waals surface area contributed by atoms with Crippen molar-refractivity contribution in [1.29, 1.82) is 0 Å². The smallest absolute Gasteiger partial charge is 0.306 e. The molecule has 0 unspecified atom stereocenters. The topological polar surface area (TPSA) is 86.7 Å². The lowest BCUT2D eigenvalue weighted by Gasteiger charge is -2.33. The van der Waals surface area contributed by atoms with Gasteiger partial charge in [-0.15, -0.1) is 0 Å². The van der Waals surface area contributed by atoms with Crippen LogP contribution in [0, 0.1) is 5.92 Å². The van der Waals surface area contributed by atoms with Gasteiger partial charge in [0, 0.05) is 13.1 Å². The van der Waals surface area contributed by atoms with Crippen molar-refractivity contribution in [3.63, 3.8) is 0 Å². The number of hydrogen-bond acceptors (Lipinski definition) is 4. The lowest BCUT2D eigenvalue weighted by atomic mass is 9.99. The maximum atomic E-state index is 12.4. The third-order valence-corrected chi connectivity index (χ3v) is 6.27. The molecule has 2 fully saturated rings. The highest BCUT2D eigenvalue weighted by molar-refractivity contribution is 7.89. The van der Waals surface area contributed by atoms with Gasteiger partial charge in [0.25, 0.3) is 0 Å². The molecule has 2 heterocycles. The number of aliphatic carboxylic acids is 1. The van der Waals surface area contributed by atoms with E-state index in [0.717, 1.165) is 13.1 Å². The maximum Gasteiger partial charge on any atom is 0.306 e. The fourth-order valence-corrected chi connectivity index (χ4v) is 4.63. The predicted octanol–water partition coefficient (Wildman–Crippen LogP) is -0.135. The Labute approximate surface area is 107 Å². The summed E-state index contributed by atoms with van der Waals surface area (Å²) < 4.78 is 26.2. The van der Waals surface area contributed by atoms with Crippen molar-refractivity contribution < 1.29 is 18.3 Å². The van der Waals surface area contributed by atoms with E-state index < -0.39 is 16.0 Å². The second-order valence-electron chi connectivity index (χ2n) is 5.01. The number of rotatable bonds is 3. The van der Waals surface area contributed by atoms with Crippen LogP contribution in [0.5, 0.6) is 0 Å². The van der Waals surface area contributed by atoms with Crippen molar-refractivity contribution in [1.82, 2.24) is 9.62 Å². The molecule has 2 rings (SSSR count). The second kappa shape index (κ2) is 5.54. The van der Waals surface area contributed by atoms with Gasteiger partial charge in [-0.1, -0.05) is 0 Å². The van der Waals surface area contributed by atoms with Crippen LogP contribution in [-0.4, -0.2) is 55.2 Å². The van der Waals surface area contributed by atoms with Crippen molar-refractivity contribution in [2.75, 3.05) is 26.2 Å². The fraction of sp³-hybridized carbons (Fsp3) is 0.909. The fourth-order valence-electron chi connectivity index (χ4n) is 2.66. The summed E-state index contributed by atoms with van der Waals surface area (Å²) in [5.74, 6) is -1.20. The average molecular weight is 276 g/mol. The molecule has 0 saturated carbocycles. The predicted molar refractivity (Wildman–Crippen MR) is 66.7 cm³/mol. The first kappa shape index (κ1) is 13.8. The Morgan fingerprint density at radius 1 is 1.11 bits per heavy atom. The third kappa shape index (κ3) is 2.84. The monoisotopic (exact) mass is 276 g/mol. The summed E-state index contributed by atoms with van der Waals surface area (Å²) in [4.78, 5) is 10.8. The first-order valence-corrected chi connectivity index (χ1v) is 7.94. The standard InChI is InChI=1S/C11H20N2O4S/c14-11(15)9-3-7-13(8-4-9)18(16,17)10-1-5-12-6-2-10/h9-10,12H,1-8H2,(H,14,15). The largest absolute Gasteiger partial charge is 0.481 e. The van der Waals surface area contributed by atoms with Gasteiger partial charge in [-0.2, -0.15) is 0 Å². The summed E-state index contributed by atoms with van der Waals surface area (Å²) in [6.45, 7) is 2.19. The third-order valence-electron chi connectivity index (χ3n) is 3.87. The number of hydrogen-bond donors (Lipinski definition) is 2. The number of nitrogens with one attached hydrogen (secondary N) is 1.